The van der Waals surface area contributed by atoms with Crippen molar-refractivity contribution in [3.05, 3.63) is 63.2 Å². The van der Waals surface area contributed by atoms with Crippen molar-refractivity contribution in [2.45, 2.75) is 19.8 Å². The van der Waals surface area contributed by atoms with Crippen LogP contribution in [0.4, 0.5) is 17.1 Å². The molecule has 0 radical (unpaired) electrons. The third-order valence-electron chi connectivity index (χ3n) is 3.26. The van der Waals surface area contributed by atoms with Gasteiger partial charge in [0.05, 0.1) is 15.6 Å². The second-order valence-electron chi connectivity index (χ2n) is 4.78. The Morgan fingerprint density at radius 2 is 1.91 bits per heavy atom. The fourth-order valence-electron chi connectivity index (χ4n) is 2.17. The van der Waals surface area contributed by atoms with Crippen LogP contribution in [0.25, 0.3) is 0 Å². The molecule has 0 N–H and O–H groups in total. The molecular formula is C16H15ClN2O3. The minimum Gasteiger partial charge on any atom is -0.282 e. The number of anilines is 2. The first-order valence-corrected chi connectivity index (χ1v) is 7.22. The highest BCUT2D eigenvalue weighted by Crippen LogP contribution is 2.33. The van der Waals surface area contributed by atoms with Gasteiger partial charge < -0.3 is 0 Å². The molecule has 22 heavy (non-hydrogen) atoms. The van der Waals surface area contributed by atoms with Gasteiger partial charge >= 0.3 is 0 Å². The Kier molecular flexibility index (Phi) is 5.12. The molecule has 1 amide bonds. The predicted octanol–water partition coefficient (Wildman–Crippen LogP) is 4.50. The second-order valence-corrected chi connectivity index (χ2v) is 5.19. The standard InChI is InChI=1S/C16H15ClN2O3/c1-2-3-12-4-6-13(7-5-12)18(11-20)16-10-14(19(21)22)8-9-15(16)17/h4-11H,2-3H2,1H3. The van der Waals surface area contributed by atoms with Crippen LogP contribution in [0.1, 0.15) is 18.9 Å². The van der Waals surface area contributed by atoms with Crippen molar-refractivity contribution in [2.75, 3.05) is 4.90 Å². The Bertz CT molecular complexity index is 686. The molecule has 0 bridgehead atoms. The lowest BCUT2D eigenvalue weighted by atomic mass is 10.1. The van der Waals surface area contributed by atoms with Crippen molar-refractivity contribution in [1.82, 2.24) is 0 Å². The van der Waals surface area contributed by atoms with E-state index < -0.39 is 4.92 Å². The average molecular weight is 319 g/mol. The van der Waals surface area contributed by atoms with E-state index in [0.29, 0.717) is 12.1 Å². The molecule has 0 saturated heterocycles. The first-order chi connectivity index (χ1) is 10.6. The van der Waals surface area contributed by atoms with Crippen LogP contribution < -0.4 is 4.90 Å². The zero-order valence-electron chi connectivity index (χ0n) is 12.0. The molecule has 114 valence electrons. The number of nitro benzene ring substituents is 1. The highest BCUT2D eigenvalue weighted by atomic mass is 35.5. The third-order valence-corrected chi connectivity index (χ3v) is 3.58. The number of amides is 1. The van der Waals surface area contributed by atoms with Gasteiger partial charge in [0, 0.05) is 17.8 Å². The van der Waals surface area contributed by atoms with E-state index in [1.165, 1.54) is 28.7 Å². The third kappa shape index (κ3) is 3.43. The van der Waals surface area contributed by atoms with Crippen molar-refractivity contribution in [2.24, 2.45) is 0 Å². The number of carbonyl (C=O) groups excluding carboxylic acids is 1. The highest BCUT2D eigenvalue weighted by molar-refractivity contribution is 6.34. The summed E-state index contributed by atoms with van der Waals surface area (Å²) in [5, 5.41) is 11.2. The number of nitrogens with zero attached hydrogens (tertiary/aromatic N) is 2. The fourth-order valence-corrected chi connectivity index (χ4v) is 2.38. The van der Waals surface area contributed by atoms with E-state index in [9.17, 15) is 14.9 Å². The summed E-state index contributed by atoms with van der Waals surface area (Å²) in [7, 11) is 0. The topological polar surface area (TPSA) is 63.5 Å². The van der Waals surface area contributed by atoms with Gasteiger partial charge in [-0.2, -0.15) is 0 Å². The van der Waals surface area contributed by atoms with Crippen LogP contribution in [0.5, 0.6) is 0 Å². The molecule has 0 unspecified atom stereocenters. The van der Waals surface area contributed by atoms with Crippen LogP contribution in [0.2, 0.25) is 5.02 Å². The van der Waals surface area contributed by atoms with Crippen LogP contribution in [0.15, 0.2) is 42.5 Å². The molecule has 0 aliphatic carbocycles. The summed E-state index contributed by atoms with van der Waals surface area (Å²) in [6.07, 6.45) is 2.59. The van der Waals surface area contributed by atoms with Gasteiger partial charge in [0.25, 0.3) is 5.69 Å². The molecule has 6 heteroatoms. The van der Waals surface area contributed by atoms with Crippen LogP contribution in [-0.2, 0) is 11.2 Å². The zero-order valence-corrected chi connectivity index (χ0v) is 12.8. The van der Waals surface area contributed by atoms with Crippen molar-refractivity contribution in [3.63, 3.8) is 0 Å². The van der Waals surface area contributed by atoms with Gasteiger partial charge in [-0.3, -0.25) is 19.8 Å². The Labute approximate surface area is 133 Å². The molecule has 0 aromatic heterocycles. The normalized spacial score (nSPS) is 10.3. The number of halogens is 1. The second kappa shape index (κ2) is 7.04. The summed E-state index contributed by atoms with van der Waals surface area (Å²) >= 11 is 6.08. The van der Waals surface area contributed by atoms with Crippen molar-refractivity contribution >= 4 is 35.1 Å². The molecule has 0 aliphatic rings. The summed E-state index contributed by atoms with van der Waals surface area (Å²) in [6.45, 7) is 2.09. The number of benzene rings is 2. The van der Waals surface area contributed by atoms with E-state index >= 15 is 0 Å². The first kappa shape index (κ1) is 16.0. The summed E-state index contributed by atoms with van der Waals surface area (Å²) in [4.78, 5) is 23.1. The average Bonchev–Trinajstić information content (AvgIpc) is 2.51. The van der Waals surface area contributed by atoms with Gasteiger partial charge in [0.1, 0.15) is 0 Å². The number of carbonyl (C=O) groups is 1. The quantitative estimate of drug-likeness (QED) is 0.447. The van der Waals surface area contributed by atoms with E-state index in [2.05, 4.69) is 6.92 Å². The Morgan fingerprint density at radius 3 is 2.45 bits per heavy atom. The summed E-state index contributed by atoms with van der Waals surface area (Å²) < 4.78 is 0. The van der Waals surface area contributed by atoms with Crippen molar-refractivity contribution in [1.29, 1.82) is 0 Å². The van der Waals surface area contributed by atoms with Crippen LogP contribution in [0, 0.1) is 10.1 Å². The lowest BCUT2D eigenvalue weighted by molar-refractivity contribution is -0.384. The van der Waals surface area contributed by atoms with Crippen molar-refractivity contribution in [3.8, 4) is 0 Å². The summed E-state index contributed by atoms with van der Waals surface area (Å²) in [5.41, 5.74) is 1.95. The smallest absolute Gasteiger partial charge is 0.271 e. The maximum Gasteiger partial charge on any atom is 0.271 e. The Balaban J connectivity index is 2.41. The maximum absolute atomic E-state index is 11.4. The van der Waals surface area contributed by atoms with Crippen molar-refractivity contribution < 1.29 is 9.72 Å². The molecule has 0 heterocycles. The SMILES string of the molecule is CCCc1ccc(N(C=O)c2cc([N+](=O)[O-])ccc2Cl)cc1. The minimum atomic E-state index is -0.521. The number of aryl methyl sites for hydroxylation is 1. The number of hydrogen-bond donors (Lipinski definition) is 0. The van der Waals surface area contributed by atoms with E-state index in [1.54, 1.807) is 12.1 Å². The zero-order chi connectivity index (χ0) is 16.1. The largest absolute Gasteiger partial charge is 0.282 e. The Morgan fingerprint density at radius 1 is 1.23 bits per heavy atom. The maximum atomic E-state index is 11.4. The van der Waals surface area contributed by atoms with Crippen LogP contribution >= 0.6 is 11.6 Å². The molecule has 2 rings (SSSR count). The van der Waals surface area contributed by atoms with Gasteiger partial charge in [0.15, 0.2) is 0 Å². The molecular weight excluding hydrogens is 304 g/mol. The number of nitro groups is 1. The molecule has 0 fully saturated rings. The van der Waals surface area contributed by atoms with Crippen LogP contribution in [0.3, 0.4) is 0 Å². The van der Waals surface area contributed by atoms with E-state index in [-0.39, 0.29) is 16.4 Å². The van der Waals surface area contributed by atoms with Gasteiger partial charge in [-0.05, 0) is 30.2 Å². The highest BCUT2D eigenvalue weighted by Gasteiger charge is 2.16. The molecule has 5 nitrogen and oxygen atoms in total. The monoisotopic (exact) mass is 318 g/mol. The predicted molar refractivity (Wildman–Crippen MR) is 86.7 cm³/mol. The van der Waals surface area contributed by atoms with E-state index in [0.717, 1.165) is 12.8 Å². The van der Waals surface area contributed by atoms with Gasteiger partial charge in [-0.1, -0.05) is 37.1 Å². The molecule has 0 atom stereocenters. The van der Waals surface area contributed by atoms with Crippen LogP contribution in [-0.4, -0.2) is 11.3 Å². The number of hydrogen-bond acceptors (Lipinski definition) is 3. The van der Waals surface area contributed by atoms with Gasteiger partial charge in [0.2, 0.25) is 6.41 Å². The lowest BCUT2D eigenvalue weighted by Gasteiger charge is -2.19. The summed E-state index contributed by atoms with van der Waals surface area (Å²) in [6, 6.07) is 11.5. The van der Waals surface area contributed by atoms with E-state index in [1.807, 2.05) is 12.1 Å². The van der Waals surface area contributed by atoms with Gasteiger partial charge in [-0.15, -0.1) is 0 Å². The van der Waals surface area contributed by atoms with Gasteiger partial charge in [-0.25, -0.2) is 0 Å². The van der Waals surface area contributed by atoms with E-state index in [4.69, 9.17) is 11.6 Å². The molecule has 2 aromatic rings. The number of rotatable bonds is 6. The molecule has 0 aliphatic heterocycles. The molecule has 0 spiro atoms. The first-order valence-electron chi connectivity index (χ1n) is 6.84. The summed E-state index contributed by atoms with van der Waals surface area (Å²) in [5.74, 6) is 0. The number of non-ortho nitro benzene ring substituents is 1. The minimum absolute atomic E-state index is 0.117. The molecule has 0 saturated carbocycles. The lowest BCUT2D eigenvalue weighted by Crippen LogP contribution is -2.14. The Hall–Kier alpha value is -2.40. The molecule has 2 aromatic carbocycles. The fraction of sp³-hybridized carbons (Fsp3) is 0.188.